The van der Waals surface area contributed by atoms with Gasteiger partial charge in [0.2, 0.25) is 0 Å². The molecule has 0 aliphatic heterocycles. The van der Waals surface area contributed by atoms with E-state index in [0.717, 1.165) is 5.69 Å². The maximum atomic E-state index is 9.08. The Labute approximate surface area is 78.6 Å². The lowest BCUT2D eigenvalue weighted by molar-refractivity contribution is 0.186. The maximum Gasteiger partial charge on any atom is 0.0636 e. The topological polar surface area (TPSA) is 50.1 Å². The van der Waals surface area contributed by atoms with Crippen LogP contribution in [0, 0.1) is 0 Å². The zero-order valence-electron chi connectivity index (χ0n) is 8.36. The molecule has 1 aromatic heterocycles. The number of aliphatic hydroxyl groups is 1. The molecule has 0 bridgehead atoms. The van der Waals surface area contributed by atoms with E-state index in [1.807, 2.05) is 17.8 Å². The molecule has 74 valence electrons. The molecule has 0 spiro atoms. The summed E-state index contributed by atoms with van der Waals surface area (Å²) in [5, 5.41) is 16.4. The summed E-state index contributed by atoms with van der Waals surface area (Å²) in [6.07, 6.45) is 1.46. The van der Waals surface area contributed by atoms with Gasteiger partial charge in [-0.2, -0.15) is 5.10 Å². The smallest absolute Gasteiger partial charge is 0.0636 e. The third-order valence-electron chi connectivity index (χ3n) is 2.02. The van der Waals surface area contributed by atoms with Crippen LogP contribution in [0.5, 0.6) is 0 Å². The van der Waals surface area contributed by atoms with Gasteiger partial charge in [-0.05, 0) is 19.9 Å². The monoisotopic (exact) mass is 183 g/mol. The van der Waals surface area contributed by atoms with Gasteiger partial charge in [-0.1, -0.05) is 0 Å². The molecule has 0 amide bonds. The molecule has 2 unspecified atom stereocenters. The van der Waals surface area contributed by atoms with Crippen LogP contribution in [-0.4, -0.2) is 27.5 Å². The molecule has 1 aromatic rings. The second-order valence-corrected chi connectivity index (χ2v) is 3.36. The van der Waals surface area contributed by atoms with Crippen molar-refractivity contribution in [3.05, 3.63) is 18.0 Å². The van der Waals surface area contributed by atoms with Gasteiger partial charge in [-0.15, -0.1) is 0 Å². The highest BCUT2D eigenvalue weighted by Gasteiger charge is 2.08. The average Bonchev–Trinajstić information content (AvgIpc) is 2.47. The molecule has 1 heterocycles. The fourth-order valence-electron chi connectivity index (χ4n) is 1.26. The van der Waals surface area contributed by atoms with Crippen LogP contribution in [0.2, 0.25) is 0 Å². The summed E-state index contributed by atoms with van der Waals surface area (Å²) in [6.45, 7) is 4.43. The number of nitrogens with one attached hydrogen (secondary N) is 1. The van der Waals surface area contributed by atoms with Gasteiger partial charge in [0.15, 0.2) is 0 Å². The van der Waals surface area contributed by atoms with Crippen LogP contribution in [0.4, 0.5) is 0 Å². The molecule has 0 radical (unpaired) electrons. The van der Waals surface area contributed by atoms with Gasteiger partial charge < -0.3 is 10.4 Å². The van der Waals surface area contributed by atoms with E-state index in [4.69, 9.17) is 5.11 Å². The number of aliphatic hydroxyl groups excluding tert-OH is 1. The van der Waals surface area contributed by atoms with Gasteiger partial charge in [0.1, 0.15) is 0 Å². The summed E-state index contributed by atoms with van der Waals surface area (Å²) in [5.74, 6) is 0. The lowest BCUT2D eigenvalue weighted by Gasteiger charge is -2.15. The first-order valence-corrected chi connectivity index (χ1v) is 4.50. The second kappa shape index (κ2) is 4.39. The molecule has 0 aliphatic carbocycles. The number of hydrogen-bond acceptors (Lipinski definition) is 3. The Morgan fingerprint density at radius 1 is 1.62 bits per heavy atom. The molecule has 4 heteroatoms. The summed E-state index contributed by atoms with van der Waals surface area (Å²) < 4.78 is 1.83. The minimum absolute atomic E-state index is 0.224. The average molecular weight is 183 g/mol. The van der Waals surface area contributed by atoms with E-state index in [0.29, 0.717) is 6.54 Å². The summed E-state index contributed by atoms with van der Waals surface area (Å²) in [4.78, 5) is 0. The fraction of sp³-hybridized carbons (Fsp3) is 0.667. The fourth-order valence-corrected chi connectivity index (χ4v) is 1.26. The van der Waals surface area contributed by atoms with E-state index in [1.165, 1.54) is 0 Å². The molecule has 0 fully saturated rings. The van der Waals surface area contributed by atoms with E-state index in [-0.39, 0.29) is 12.1 Å². The Hall–Kier alpha value is -0.870. The van der Waals surface area contributed by atoms with Crippen molar-refractivity contribution in [1.82, 2.24) is 15.1 Å². The van der Waals surface area contributed by atoms with Crippen LogP contribution in [0.15, 0.2) is 12.3 Å². The van der Waals surface area contributed by atoms with Gasteiger partial charge in [-0.3, -0.25) is 4.68 Å². The summed E-state index contributed by atoms with van der Waals surface area (Å²) in [7, 11) is 1.91. The standard InChI is InChI=1S/C9H17N3O/c1-7(13)6-10-8(2)9-4-5-11-12(9)3/h4-5,7-8,10,13H,6H2,1-3H3. The van der Waals surface area contributed by atoms with Crippen molar-refractivity contribution in [2.45, 2.75) is 26.0 Å². The molecule has 0 aromatic carbocycles. The van der Waals surface area contributed by atoms with Crippen molar-refractivity contribution in [1.29, 1.82) is 0 Å². The molecular formula is C9H17N3O. The minimum Gasteiger partial charge on any atom is -0.392 e. The van der Waals surface area contributed by atoms with Gasteiger partial charge in [-0.25, -0.2) is 0 Å². The number of rotatable bonds is 4. The van der Waals surface area contributed by atoms with Crippen molar-refractivity contribution in [3.63, 3.8) is 0 Å². The highest BCUT2D eigenvalue weighted by atomic mass is 16.3. The van der Waals surface area contributed by atoms with Crippen LogP contribution in [0.3, 0.4) is 0 Å². The Kier molecular flexibility index (Phi) is 3.45. The maximum absolute atomic E-state index is 9.08. The molecule has 2 atom stereocenters. The van der Waals surface area contributed by atoms with Crippen molar-refractivity contribution in [2.24, 2.45) is 7.05 Å². The lowest BCUT2D eigenvalue weighted by atomic mass is 10.2. The summed E-state index contributed by atoms with van der Waals surface area (Å²) >= 11 is 0. The van der Waals surface area contributed by atoms with Crippen molar-refractivity contribution in [2.75, 3.05) is 6.54 Å². The number of nitrogens with zero attached hydrogens (tertiary/aromatic N) is 2. The molecule has 1 rings (SSSR count). The van der Waals surface area contributed by atoms with Crippen LogP contribution >= 0.6 is 0 Å². The quantitative estimate of drug-likeness (QED) is 0.712. The van der Waals surface area contributed by atoms with Crippen LogP contribution in [0.1, 0.15) is 25.6 Å². The van der Waals surface area contributed by atoms with Crippen LogP contribution < -0.4 is 5.32 Å². The van der Waals surface area contributed by atoms with E-state index >= 15 is 0 Å². The molecular weight excluding hydrogens is 166 g/mol. The van der Waals surface area contributed by atoms with Crippen molar-refractivity contribution in [3.8, 4) is 0 Å². The van der Waals surface area contributed by atoms with Gasteiger partial charge in [0.05, 0.1) is 11.8 Å². The molecule has 0 saturated heterocycles. The predicted molar refractivity (Wildman–Crippen MR) is 51.3 cm³/mol. The van der Waals surface area contributed by atoms with Crippen LogP contribution in [0.25, 0.3) is 0 Å². The van der Waals surface area contributed by atoms with Crippen molar-refractivity contribution >= 4 is 0 Å². The lowest BCUT2D eigenvalue weighted by Crippen LogP contribution is -2.28. The first-order valence-electron chi connectivity index (χ1n) is 4.50. The highest BCUT2D eigenvalue weighted by molar-refractivity contribution is 5.05. The van der Waals surface area contributed by atoms with E-state index in [2.05, 4.69) is 17.3 Å². The Bertz CT molecular complexity index is 257. The van der Waals surface area contributed by atoms with Gasteiger partial charge >= 0.3 is 0 Å². The molecule has 13 heavy (non-hydrogen) atoms. The van der Waals surface area contributed by atoms with Crippen LogP contribution in [-0.2, 0) is 7.05 Å². The van der Waals surface area contributed by atoms with E-state index in [1.54, 1.807) is 13.1 Å². The molecule has 4 nitrogen and oxygen atoms in total. The first kappa shape index (κ1) is 10.2. The van der Waals surface area contributed by atoms with Gasteiger partial charge in [0, 0.05) is 25.8 Å². The molecule has 2 N–H and O–H groups in total. The predicted octanol–water partition coefficient (Wildman–Crippen LogP) is 0.451. The summed E-state index contributed by atoms with van der Waals surface area (Å²) in [6, 6.07) is 2.20. The zero-order chi connectivity index (χ0) is 9.84. The minimum atomic E-state index is -0.310. The zero-order valence-corrected chi connectivity index (χ0v) is 8.36. The Morgan fingerprint density at radius 2 is 2.31 bits per heavy atom. The third kappa shape index (κ3) is 2.82. The normalized spacial score (nSPS) is 15.7. The SMILES string of the molecule is CC(O)CNC(C)c1ccnn1C. The number of hydrogen-bond donors (Lipinski definition) is 2. The third-order valence-corrected chi connectivity index (χ3v) is 2.02. The summed E-state index contributed by atoms with van der Waals surface area (Å²) in [5.41, 5.74) is 1.13. The van der Waals surface area contributed by atoms with Crippen molar-refractivity contribution < 1.29 is 5.11 Å². The second-order valence-electron chi connectivity index (χ2n) is 3.36. The Morgan fingerprint density at radius 3 is 2.77 bits per heavy atom. The Balaban J connectivity index is 2.49. The first-order chi connectivity index (χ1) is 6.11. The molecule has 0 saturated carbocycles. The number of aryl methyl sites for hydroxylation is 1. The highest BCUT2D eigenvalue weighted by Crippen LogP contribution is 2.09. The molecule has 0 aliphatic rings. The van der Waals surface area contributed by atoms with E-state index in [9.17, 15) is 0 Å². The van der Waals surface area contributed by atoms with Gasteiger partial charge in [0.25, 0.3) is 0 Å². The number of aromatic nitrogens is 2. The van der Waals surface area contributed by atoms with E-state index < -0.39 is 0 Å². The largest absolute Gasteiger partial charge is 0.392 e.